The van der Waals surface area contributed by atoms with E-state index in [1.165, 1.54) is 11.8 Å². The van der Waals surface area contributed by atoms with Crippen molar-refractivity contribution in [3.63, 3.8) is 0 Å². The molecule has 3 rings (SSSR count). The maximum Gasteiger partial charge on any atom is 0.323 e. The first kappa shape index (κ1) is 15.6. The van der Waals surface area contributed by atoms with Crippen molar-refractivity contribution in [1.82, 2.24) is 10.2 Å². The number of aromatic amines is 1. The Kier molecular flexibility index (Phi) is 4.76. The van der Waals surface area contributed by atoms with Gasteiger partial charge >= 0.3 is 6.03 Å². The molecule has 24 heavy (non-hydrogen) atoms. The Morgan fingerprint density at radius 3 is 2.75 bits per heavy atom. The Labute approximate surface area is 139 Å². The molecule has 1 heterocycles. The normalized spacial score (nSPS) is 10.2. The van der Waals surface area contributed by atoms with Crippen LogP contribution in [-0.4, -0.2) is 16.2 Å². The van der Waals surface area contributed by atoms with Gasteiger partial charge in [0, 0.05) is 18.0 Å². The van der Waals surface area contributed by atoms with E-state index >= 15 is 0 Å². The van der Waals surface area contributed by atoms with Gasteiger partial charge in [-0.2, -0.15) is 5.10 Å². The second-order valence-electron chi connectivity index (χ2n) is 5.37. The van der Waals surface area contributed by atoms with Gasteiger partial charge in [0.05, 0.1) is 11.9 Å². The monoisotopic (exact) mass is 322 g/mol. The number of anilines is 2. The highest BCUT2D eigenvalue weighted by atomic mass is 16.5. The van der Waals surface area contributed by atoms with Crippen molar-refractivity contribution >= 4 is 17.4 Å². The van der Waals surface area contributed by atoms with Crippen molar-refractivity contribution in [1.29, 1.82) is 0 Å². The molecule has 6 heteroatoms. The van der Waals surface area contributed by atoms with Gasteiger partial charge < -0.3 is 15.4 Å². The highest BCUT2D eigenvalue weighted by molar-refractivity contribution is 5.99. The Hall–Kier alpha value is -3.28. The number of aromatic nitrogens is 2. The lowest BCUT2D eigenvalue weighted by Gasteiger charge is -2.10. The van der Waals surface area contributed by atoms with Gasteiger partial charge in [-0.25, -0.2) is 4.79 Å². The number of H-pyrrole nitrogens is 1. The highest BCUT2D eigenvalue weighted by Gasteiger charge is 2.04. The first-order chi connectivity index (χ1) is 11.7. The minimum atomic E-state index is -0.341. The van der Waals surface area contributed by atoms with E-state index in [2.05, 4.69) is 26.9 Å². The molecule has 0 radical (unpaired) electrons. The summed E-state index contributed by atoms with van der Waals surface area (Å²) in [6.07, 6.45) is 3.13. The predicted molar refractivity (Wildman–Crippen MR) is 93.2 cm³/mol. The number of rotatable bonds is 5. The standard InChI is InChI=1S/C18H18N4O2/c1-13-4-2-5-14(8-13)12-24-17-7-3-6-15(9-17)21-18(23)22-16-10-19-20-11-16/h2-11H,12H2,1H3,(H,19,20)(H2,21,22,23). The molecule has 0 bridgehead atoms. The summed E-state index contributed by atoms with van der Waals surface area (Å²) in [4.78, 5) is 11.9. The van der Waals surface area contributed by atoms with Crippen LogP contribution in [0.5, 0.6) is 5.75 Å². The summed E-state index contributed by atoms with van der Waals surface area (Å²) in [5.74, 6) is 0.692. The van der Waals surface area contributed by atoms with Crippen molar-refractivity contribution in [2.75, 3.05) is 10.6 Å². The Balaban J connectivity index is 1.58. The average molecular weight is 322 g/mol. The molecule has 0 aliphatic heterocycles. The Morgan fingerprint density at radius 1 is 1.12 bits per heavy atom. The molecule has 2 aromatic carbocycles. The number of hydrogen-bond donors (Lipinski definition) is 3. The summed E-state index contributed by atoms with van der Waals surface area (Å²) in [6, 6.07) is 15.1. The van der Waals surface area contributed by atoms with Gasteiger partial charge in [0.2, 0.25) is 0 Å². The quantitative estimate of drug-likeness (QED) is 0.665. The number of carbonyl (C=O) groups is 1. The zero-order valence-electron chi connectivity index (χ0n) is 13.2. The number of carbonyl (C=O) groups excluding carboxylic acids is 1. The number of nitrogens with zero attached hydrogens (tertiary/aromatic N) is 1. The molecule has 0 aliphatic rings. The molecule has 0 unspecified atom stereocenters. The summed E-state index contributed by atoms with van der Waals surface area (Å²) < 4.78 is 5.79. The van der Waals surface area contributed by atoms with Gasteiger partial charge in [0.25, 0.3) is 0 Å². The molecule has 0 aliphatic carbocycles. The van der Waals surface area contributed by atoms with Crippen molar-refractivity contribution < 1.29 is 9.53 Å². The van der Waals surface area contributed by atoms with E-state index in [1.54, 1.807) is 18.3 Å². The van der Waals surface area contributed by atoms with Gasteiger partial charge in [0.15, 0.2) is 0 Å². The first-order valence-corrected chi connectivity index (χ1v) is 7.54. The fraction of sp³-hybridized carbons (Fsp3) is 0.111. The molecule has 122 valence electrons. The van der Waals surface area contributed by atoms with Crippen LogP contribution in [0, 0.1) is 6.92 Å². The lowest BCUT2D eigenvalue weighted by molar-refractivity contribution is 0.262. The number of urea groups is 1. The largest absolute Gasteiger partial charge is 0.489 e. The van der Waals surface area contributed by atoms with Crippen LogP contribution in [0.4, 0.5) is 16.2 Å². The summed E-state index contributed by atoms with van der Waals surface area (Å²) >= 11 is 0. The molecular weight excluding hydrogens is 304 g/mol. The minimum absolute atomic E-state index is 0.341. The second kappa shape index (κ2) is 7.32. The number of aryl methyl sites for hydroxylation is 1. The number of ether oxygens (including phenoxy) is 1. The van der Waals surface area contributed by atoms with Crippen molar-refractivity contribution in [2.45, 2.75) is 13.5 Å². The summed E-state index contributed by atoms with van der Waals surface area (Å²) in [6.45, 7) is 2.53. The van der Waals surface area contributed by atoms with Gasteiger partial charge in [-0.1, -0.05) is 35.9 Å². The van der Waals surface area contributed by atoms with Crippen LogP contribution in [0.3, 0.4) is 0 Å². The lowest BCUT2D eigenvalue weighted by atomic mass is 10.1. The molecule has 0 spiro atoms. The smallest absolute Gasteiger partial charge is 0.323 e. The van der Waals surface area contributed by atoms with Gasteiger partial charge in [-0.3, -0.25) is 5.10 Å². The van der Waals surface area contributed by atoms with Crippen LogP contribution in [0.25, 0.3) is 0 Å². The molecule has 2 amide bonds. The number of nitrogens with one attached hydrogen (secondary N) is 3. The van der Waals surface area contributed by atoms with Gasteiger partial charge in [0.1, 0.15) is 12.4 Å². The van der Waals surface area contributed by atoms with Crippen LogP contribution in [0.1, 0.15) is 11.1 Å². The Bertz CT molecular complexity index is 815. The zero-order valence-corrected chi connectivity index (χ0v) is 13.2. The van der Waals surface area contributed by atoms with Crippen LogP contribution in [0.2, 0.25) is 0 Å². The fourth-order valence-corrected chi connectivity index (χ4v) is 2.24. The number of benzene rings is 2. The van der Waals surface area contributed by atoms with Crippen LogP contribution in [-0.2, 0) is 6.61 Å². The van der Waals surface area contributed by atoms with E-state index in [4.69, 9.17) is 4.74 Å². The van der Waals surface area contributed by atoms with Crippen molar-refractivity contribution in [3.8, 4) is 5.75 Å². The van der Waals surface area contributed by atoms with E-state index in [9.17, 15) is 4.79 Å². The highest BCUT2D eigenvalue weighted by Crippen LogP contribution is 2.19. The molecule has 0 fully saturated rings. The maximum atomic E-state index is 11.9. The summed E-state index contributed by atoms with van der Waals surface area (Å²) in [5, 5.41) is 11.8. The van der Waals surface area contributed by atoms with Gasteiger partial charge in [-0.15, -0.1) is 0 Å². The third kappa shape index (κ3) is 4.36. The van der Waals surface area contributed by atoms with Crippen LogP contribution in [0.15, 0.2) is 60.9 Å². The fourth-order valence-electron chi connectivity index (χ4n) is 2.24. The Morgan fingerprint density at radius 2 is 1.96 bits per heavy atom. The molecule has 1 aromatic heterocycles. The second-order valence-corrected chi connectivity index (χ2v) is 5.37. The molecule has 3 aromatic rings. The molecule has 0 saturated carbocycles. The SMILES string of the molecule is Cc1cccc(COc2cccc(NC(=O)Nc3cn[nH]c3)c2)c1. The summed E-state index contributed by atoms with van der Waals surface area (Å²) in [5.41, 5.74) is 3.55. The van der Waals surface area contributed by atoms with Crippen LogP contribution < -0.4 is 15.4 Å². The molecular formula is C18H18N4O2. The minimum Gasteiger partial charge on any atom is -0.489 e. The predicted octanol–water partition coefficient (Wildman–Crippen LogP) is 3.94. The molecule has 0 saturated heterocycles. The van der Waals surface area contributed by atoms with E-state index in [0.29, 0.717) is 23.7 Å². The summed E-state index contributed by atoms with van der Waals surface area (Å²) in [7, 11) is 0. The zero-order chi connectivity index (χ0) is 16.8. The number of hydrogen-bond acceptors (Lipinski definition) is 3. The third-order valence-corrected chi connectivity index (χ3v) is 3.34. The lowest BCUT2D eigenvalue weighted by Crippen LogP contribution is -2.19. The molecule has 6 nitrogen and oxygen atoms in total. The first-order valence-electron chi connectivity index (χ1n) is 7.54. The van der Waals surface area contributed by atoms with E-state index in [0.717, 1.165) is 5.56 Å². The van der Waals surface area contributed by atoms with E-state index < -0.39 is 0 Å². The topological polar surface area (TPSA) is 79.0 Å². The van der Waals surface area contributed by atoms with Crippen molar-refractivity contribution in [3.05, 3.63) is 72.1 Å². The molecule has 0 atom stereocenters. The average Bonchev–Trinajstić information content (AvgIpc) is 3.06. The van der Waals surface area contributed by atoms with Crippen molar-refractivity contribution in [2.24, 2.45) is 0 Å². The van der Waals surface area contributed by atoms with Crippen LogP contribution >= 0.6 is 0 Å². The van der Waals surface area contributed by atoms with Gasteiger partial charge in [-0.05, 0) is 24.6 Å². The third-order valence-electron chi connectivity index (χ3n) is 3.34. The maximum absolute atomic E-state index is 11.9. The molecule has 3 N–H and O–H groups in total. The van der Waals surface area contributed by atoms with E-state index in [1.807, 2.05) is 37.3 Å². The van der Waals surface area contributed by atoms with E-state index in [-0.39, 0.29) is 6.03 Å². The number of amides is 2.